The largest absolute Gasteiger partial charge is 0.493 e. The van der Waals surface area contributed by atoms with Crippen molar-refractivity contribution in [3.8, 4) is 22.8 Å². The van der Waals surface area contributed by atoms with Gasteiger partial charge in [0.2, 0.25) is 0 Å². The van der Waals surface area contributed by atoms with Crippen LogP contribution in [-0.4, -0.2) is 14.2 Å². The minimum Gasteiger partial charge on any atom is -0.493 e. The zero-order chi connectivity index (χ0) is 21.1. The van der Waals surface area contributed by atoms with Gasteiger partial charge in [0.05, 0.1) is 25.3 Å². The predicted molar refractivity (Wildman–Crippen MR) is 120 cm³/mol. The van der Waals surface area contributed by atoms with Crippen molar-refractivity contribution in [1.29, 1.82) is 0 Å². The number of para-hydroxylation sites is 1. The van der Waals surface area contributed by atoms with Gasteiger partial charge in [-0.1, -0.05) is 29.8 Å². The van der Waals surface area contributed by atoms with Crippen LogP contribution < -0.4 is 20.3 Å². The molecule has 0 amide bonds. The molecule has 0 saturated heterocycles. The lowest BCUT2D eigenvalue weighted by molar-refractivity contribution is 0.355. The van der Waals surface area contributed by atoms with Crippen LogP contribution >= 0.6 is 11.6 Å². The van der Waals surface area contributed by atoms with E-state index in [0.29, 0.717) is 33.2 Å². The Bertz CT molecular complexity index is 1270. The summed E-state index contributed by atoms with van der Waals surface area (Å²) in [4.78, 5) is 0. The second kappa shape index (κ2) is 8.51. The summed E-state index contributed by atoms with van der Waals surface area (Å²) >= 11 is 6.37. The molecule has 1 aromatic heterocycles. The molecule has 0 spiro atoms. The smallest absolute Gasteiger partial charge is 0.161 e. The molecule has 0 unspecified atom stereocenters. The topological polar surface area (TPSA) is 56.0 Å². The van der Waals surface area contributed by atoms with Gasteiger partial charge >= 0.3 is 0 Å². The first-order valence-corrected chi connectivity index (χ1v) is 9.78. The van der Waals surface area contributed by atoms with Crippen molar-refractivity contribution in [1.82, 2.24) is 0 Å². The van der Waals surface area contributed by atoms with E-state index in [9.17, 15) is 0 Å². The van der Waals surface area contributed by atoms with Crippen molar-refractivity contribution in [2.45, 2.75) is 6.92 Å². The number of ether oxygens (including phenoxy) is 2. The molecule has 0 saturated carbocycles. The van der Waals surface area contributed by atoms with Gasteiger partial charge in [0.15, 0.2) is 11.5 Å². The summed E-state index contributed by atoms with van der Waals surface area (Å²) in [6, 6.07) is 21.1. The van der Waals surface area contributed by atoms with Gasteiger partial charge < -0.3 is 13.9 Å². The van der Waals surface area contributed by atoms with E-state index in [0.717, 1.165) is 22.2 Å². The van der Waals surface area contributed by atoms with Gasteiger partial charge in [-0.2, -0.15) is 5.10 Å². The van der Waals surface area contributed by atoms with Crippen LogP contribution in [-0.2, 0) is 0 Å². The quantitative estimate of drug-likeness (QED) is 0.402. The number of benzene rings is 3. The number of hydrogen-bond donors (Lipinski definition) is 1. The van der Waals surface area contributed by atoms with E-state index in [-0.39, 0.29) is 0 Å². The number of hydrogen-bond acceptors (Lipinski definition) is 5. The number of methoxy groups -OCH3 is 2. The van der Waals surface area contributed by atoms with E-state index in [1.165, 1.54) is 0 Å². The summed E-state index contributed by atoms with van der Waals surface area (Å²) in [5, 5.41) is 6.81. The van der Waals surface area contributed by atoms with Gasteiger partial charge in [-0.3, -0.25) is 5.43 Å². The summed E-state index contributed by atoms with van der Waals surface area (Å²) in [6.07, 6.45) is 0. The number of halogens is 1. The van der Waals surface area contributed by atoms with Crippen LogP contribution in [0.15, 0.2) is 76.2 Å². The highest BCUT2D eigenvalue weighted by Crippen LogP contribution is 2.33. The number of nitrogens with one attached hydrogen (secondary N) is 1. The molecule has 0 aliphatic carbocycles. The van der Waals surface area contributed by atoms with Crippen LogP contribution in [0.5, 0.6) is 11.5 Å². The van der Waals surface area contributed by atoms with Crippen molar-refractivity contribution in [3.63, 3.8) is 0 Å². The zero-order valence-electron chi connectivity index (χ0n) is 16.9. The Morgan fingerprint density at radius 3 is 2.40 bits per heavy atom. The van der Waals surface area contributed by atoms with Crippen molar-refractivity contribution < 1.29 is 13.9 Å². The Morgan fingerprint density at radius 1 is 0.900 bits per heavy atom. The Morgan fingerprint density at radius 2 is 1.67 bits per heavy atom. The number of aryl methyl sites for hydroxylation is 1. The highest BCUT2D eigenvalue weighted by atomic mass is 35.5. The third-order valence-corrected chi connectivity index (χ3v) is 5.18. The average molecular weight is 421 g/mol. The second-order valence-electron chi connectivity index (χ2n) is 6.75. The Hall–Kier alpha value is -3.44. The van der Waals surface area contributed by atoms with E-state index in [1.54, 1.807) is 14.2 Å². The summed E-state index contributed by atoms with van der Waals surface area (Å²) in [6.45, 7) is 1.94. The zero-order valence-corrected chi connectivity index (χ0v) is 17.7. The van der Waals surface area contributed by atoms with Crippen LogP contribution in [0, 0.1) is 6.92 Å². The van der Waals surface area contributed by atoms with Gasteiger partial charge in [0.25, 0.3) is 0 Å². The molecule has 6 heteroatoms. The standard InChI is InChI=1S/C24H21ClN2O3/c1-15-11-23-18(13-19(15)25)20(27-26-17-7-5-4-6-8-17)14-22(30-23)16-9-10-21(28-2)24(12-16)29-3/h4-14,26H,1-3H3/b27-20-. The van der Waals surface area contributed by atoms with Gasteiger partial charge in [0, 0.05) is 22.0 Å². The lowest BCUT2D eigenvalue weighted by atomic mass is 10.1. The van der Waals surface area contributed by atoms with Crippen molar-refractivity contribution in [3.05, 3.63) is 82.7 Å². The number of rotatable bonds is 5. The van der Waals surface area contributed by atoms with E-state index >= 15 is 0 Å². The molecule has 1 heterocycles. The molecule has 30 heavy (non-hydrogen) atoms. The summed E-state index contributed by atoms with van der Waals surface area (Å²) in [5.74, 6) is 1.93. The maximum absolute atomic E-state index is 6.37. The molecule has 0 aliphatic heterocycles. The molecular weight excluding hydrogens is 400 g/mol. The highest BCUT2D eigenvalue weighted by molar-refractivity contribution is 6.32. The van der Waals surface area contributed by atoms with Gasteiger partial charge in [-0.05, 0) is 55.0 Å². The Labute approximate surface area is 179 Å². The molecule has 0 fully saturated rings. The lowest BCUT2D eigenvalue weighted by Gasteiger charge is -2.11. The normalized spacial score (nSPS) is 11.5. The van der Waals surface area contributed by atoms with E-state index in [4.69, 9.17) is 25.5 Å². The van der Waals surface area contributed by atoms with E-state index in [1.807, 2.05) is 73.7 Å². The minimum atomic E-state index is 0.624. The molecule has 5 nitrogen and oxygen atoms in total. The monoisotopic (exact) mass is 420 g/mol. The fourth-order valence-corrected chi connectivity index (χ4v) is 3.31. The molecule has 152 valence electrons. The number of fused-ring (bicyclic) bond motifs is 1. The molecule has 1 N–H and O–H groups in total. The van der Waals surface area contributed by atoms with E-state index < -0.39 is 0 Å². The van der Waals surface area contributed by atoms with Crippen LogP contribution in [0.25, 0.3) is 22.3 Å². The fraction of sp³-hybridized carbons (Fsp3) is 0.125. The van der Waals surface area contributed by atoms with Crippen molar-refractivity contribution >= 4 is 28.3 Å². The fourth-order valence-electron chi connectivity index (χ4n) is 3.15. The first-order chi connectivity index (χ1) is 14.6. The predicted octanol–water partition coefficient (Wildman–Crippen LogP) is 6.01. The first kappa shape index (κ1) is 19.9. The molecule has 4 rings (SSSR count). The highest BCUT2D eigenvalue weighted by Gasteiger charge is 2.11. The maximum atomic E-state index is 6.37. The first-order valence-electron chi connectivity index (χ1n) is 9.40. The summed E-state index contributed by atoms with van der Waals surface area (Å²) < 4.78 is 17.0. The molecular formula is C24H21ClN2O3. The molecule has 0 bridgehead atoms. The van der Waals surface area contributed by atoms with Crippen LogP contribution in [0.4, 0.5) is 5.69 Å². The Kier molecular flexibility index (Phi) is 5.63. The third-order valence-electron chi connectivity index (χ3n) is 4.77. The third kappa shape index (κ3) is 3.98. The number of nitrogens with zero attached hydrogens (tertiary/aromatic N) is 1. The SMILES string of the molecule is COc1ccc(-c2c/c(=N/Nc3ccccc3)c3cc(Cl)c(C)cc3o2)cc1OC. The van der Waals surface area contributed by atoms with E-state index in [2.05, 4.69) is 10.5 Å². The Balaban J connectivity index is 1.90. The number of anilines is 1. The van der Waals surface area contributed by atoms with Gasteiger partial charge in [-0.15, -0.1) is 0 Å². The van der Waals surface area contributed by atoms with Crippen LogP contribution in [0.2, 0.25) is 5.02 Å². The van der Waals surface area contributed by atoms with Crippen LogP contribution in [0.3, 0.4) is 0 Å². The molecule has 3 aromatic carbocycles. The second-order valence-corrected chi connectivity index (χ2v) is 7.16. The lowest BCUT2D eigenvalue weighted by Crippen LogP contribution is -2.08. The average Bonchev–Trinajstić information content (AvgIpc) is 2.78. The van der Waals surface area contributed by atoms with Gasteiger partial charge in [0.1, 0.15) is 11.3 Å². The minimum absolute atomic E-state index is 0.624. The molecule has 0 aliphatic rings. The molecule has 0 radical (unpaired) electrons. The summed E-state index contributed by atoms with van der Waals surface area (Å²) in [7, 11) is 3.21. The molecule has 0 atom stereocenters. The van der Waals surface area contributed by atoms with Gasteiger partial charge in [-0.25, -0.2) is 0 Å². The van der Waals surface area contributed by atoms with Crippen molar-refractivity contribution in [2.24, 2.45) is 5.10 Å². The van der Waals surface area contributed by atoms with Crippen molar-refractivity contribution in [2.75, 3.05) is 19.6 Å². The maximum Gasteiger partial charge on any atom is 0.161 e. The molecule has 4 aromatic rings. The van der Waals surface area contributed by atoms with Crippen LogP contribution in [0.1, 0.15) is 5.56 Å². The summed E-state index contributed by atoms with van der Waals surface area (Å²) in [5.41, 5.74) is 6.46.